The number of fused-ring (bicyclic) bond motifs is 1. The number of pyridine rings is 1. The number of ether oxygens (including phenoxy) is 2. The van der Waals surface area contributed by atoms with Gasteiger partial charge >= 0.3 is 0 Å². The van der Waals surface area contributed by atoms with E-state index in [1.54, 1.807) is 0 Å². The molecule has 0 unspecified atom stereocenters. The van der Waals surface area contributed by atoms with Gasteiger partial charge in [0.2, 0.25) is 0 Å². The van der Waals surface area contributed by atoms with E-state index in [1.807, 2.05) is 30.9 Å². The third kappa shape index (κ3) is 3.89. The Kier molecular flexibility index (Phi) is 6.05. The predicted molar refractivity (Wildman–Crippen MR) is 126 cm³/mol. The summed E-state index contributed by atoms with van der Waals surface area (Å²) in [5, 5.41) is 1.16. The maximum absolute atomic E-state index is 6.14. The summed E-state index contributed by atoms with van der Waals surface area (Å²) >= 11 is 1.88. The Labute approximate surface area is 188 Å². The highest BCUT2D eigenvalue weighted by Gasteiger charge is 2.45. The Morgan fingerprint density at radius 3 is 2.77 bits per heavy atom. The minimum atomic E-state index is 0.00163. The van der Waals surface area contributed by atoms with Crippen LogP contribution in [0.5, 0.6) is 5.75 Å². The number of hydrogen-bond donors (Lipinski definition) is 0. The molecule has 6 nitrogen and oxygen atoms in total. The van der Waals surface area contributed by atoms with Crippen LogP contribution in [0.15, 0.2) is 47.6 Å². The number of anilines is 1. The van der Waals surface area contributed by atoms with Crippen molar-refractivity contribution in [1.29, 1.82) is 0 Å². The first kappa shape index (κ1) is 20.6. The Morgan fingerprint density at radius 2 is 2.03 bits per heavy atom. The molecule has 0 bridgehead atoms. The van der Waals surface area contributed by atoms with Gasteiger partial charge in [0.25, 0.3) is 0 Å². The van der Waals surface area contributed by atoms with Crippen molar-refractivity contribution in [2.75, 3.05) is 43.6 Å². The fraction of sp³-hybridized carbons (Fsp3) is 0.500. The molecule has 0 amide bonds. The molecule has 0 N–H and O–H groups in total. The Balaban J connectivity index is 1.54. The zero-order valence-electron chi connectivity index (χ0n) is 18.2. The van der Waals surface area contributed by atoms with Gasteiger partial charge in [-0.3, -0.25) is 9.98 Å². The summed E-state index contributed by atoms with van der Waals surface area (Å²) in [7, 11) is 0. The number of hydrogen-bond acceptors (Lipinski definition) is 7. The van der Waals surface area contributed by atoms with Crippen LogP contribution in [0, 0.1) is 0 Å². The van der Waals surface area contributed by atoms with Gasteiger partial charge in [-0.2, -0.15) is 0 Å². The molecule has 164 valence electrons. The third-order valence-electron chi connectivity index (χ3n) is 6.31. The van der Waals surface area contributed by atoms with E-state index in [0.717, 1.165) is 60.8 Å². The summed E-state index contributed by atoms with van der Waals surface area (Å²) < 4.78 is 11.7. The van der Waals surface area contributed by atoms with E-state index >= 15 is 0 Å². The lowest BCUT2D eigenvalue weighted by Crippen LogP contribution is -2.37. The highest BCUT2D eigenvalue weighted by molar-refractivity contribution is 8.14. The van der Waals surface area contributed by atoms with E-state index in [9.17, 15) is 0 Å². The number of aliphatic imine (C=N–C) groups is 1. The van der Waals surface area contributed by atoms with E-state index in [4.69, 9.17) is 14.5 Å². The molecule has 1 aromatic carbocycles. The lowest BCUT2D eigenvalue weighted by atomic mass is 9.94. The first-order valence-electron chi connectivity index (χ1n) is 11.3. The second-order valence-electron chi connectivity index (χ2n) is 8.10. The monoisotopic (exact) mass is 438 g/mol. The van der Waals surface area contributed by atoms with Gasteiger partial charge in [-0.1, -0.05) is 30.8 Å². The molecule has 0 saturated carbocycles. The highest BCUT2D eigenvalue weighted by Crippen LogP contribution is 2.49. The van der Waals surface area contributed by atoms with Gasteiger partial charge in [0, 0.05) is 31.1 Å². The van der Waals surface area contributed by atoms with Gasteiger partial charge in [-0.15, -0.1) is 0 Å². The fourth-order valence-electron chi connectivity index (χ4n) is 4.76. The molecule has 1 aromatic heterocycles. The van der Waals surface area contributed by atoms with Crippen molar-refractivity contribution in [3.63, 3.8) is 0 Å². The zero-order valence-corrected chi connectivity index (χ0v) is 19.1. The number of amidine groups is 1. The van der Waals surface area contributed by atoms with Crippen LogP contribution in [0.2, 0.25) is 0 Å². The lowest BCUT2D eigenvalue weighted by Gasteiger charge is -2.34. The van der Waals surface area contributed by atoms with Crippen molar-refractivity contribution in [3.05, 3.63) is 53.9 Å². The van der Waals surface area contributed by atoms with Gasteiger partial charge in [-0.05, 0) is 43.2 Å². The van der Waals surface area contributed by atoms with Crippen LogP contribution in [0.1, 0.15) is 43.6 Å². The average molecular weight is 439 g/mol. The molecule has 3 aliphatic rings. The maximum Gasteiger partial charge on any atom is 0.160 e. The van der Waals surface area contributed by atoms with Gasteiger partial charge < -0.3 is 19.3 Å². The predicted octanol–water partition coefficient (Wildman–Crippen LogP) is 4.30. The minimum absolute atomic E-state index is 0.00163. The number of morpholine rings is 1. The topological polar surface area (TPSA) is 50.2 Å². The SMILES string of the molecule is CCOc1cc([C@H]2[C@@H](c3ccccn3)N=C3SC[C@@H](CC)N32)ccc1N1CCOCC1. The van der Waals surface area contributed by atoms with E-state index in [0.29, 0.717) is 12.6 Å². The number of aromatic nitrogens is 1. The molecule has 3 atom stereocenters. The van der Waals surface area contributed by atoms with Crippen molar-refractivity contribution in [3.8, 4) is 5.75 Å². The third-order valence-corrected chi connectivity index (χ3v) is 7.43. The van der Waals surface area contributed by atoms with Crippen LogP contribution in [0.25, 0.3) is 0 Å². The number of rotatable bonds is 6. The Morgan fingerprint density at radius 1 is 1.16 bits per heavy atom. The normalized spacial score (nSPS) is 25.5. The molecule has 0 aliphatic carbocycles. The molecule has 2 aromatic rings. The molecular formula is C24H30N4O2S. The molecule has 4 heterocycles. The quantitative estimate of drug-likeness (QED) is 0.670. The number of benzene rings is 1. The molecule has 2 saturated heterocycles. The van der Waals surface area contributed by atoms with Crippen LogP contribution < -0.4 is 9.64 Å². The van der Waals surface area contributed by atoms with Crippen molar-refractivity contribution in [1.82, 2.24) is 9.88 Å². The molecule has 5 rings (SSSR count). The summed E-state index contributed by atoms with van der Waals surface area (Å²) in [6, 6.07) is 13.5. The van der Waals surface area contributed by atoms with Crippen molar-refractivity contribution in [2.24, 2.45) is 4.99 Å². The lowest BCUT2D eigenvalue weighted by molar-refractivity contribution is 0.122. The van der Waals surface area contributed by atoms with Crippen LogP contribution in [0.3, 0.4) is 0 Å². The molecule has 31 heavy (non-hydrogen) atoms. The highest BCUT2D eigenvalue weighted by atomic mass is 32.2. The van der Waals surface area contributed by atoms with Crippen molar-refractivity contribution < 1.29 is 9.47 Å². The van der Waals surface area contributed by atoms with Gasteiger partial charge in [-0.25, -0.2) is 0 Å². The van der Waals surface area contributed by atoms with Crippen LogP contribution in [-0.4, -0.2) is 59.8 Å². The van der Waals surface area contributed by atoms with Crippen LogP contribution in [0.4, 0.5) is 5.69 Å². The largest absolute Gasteiger partial charge is 0.492 e. The standard InChI is InChI=1S/C24H30N4O2S/c1-3-18-16-31-24-26-22(19-7-5-6-10-25-19)23(28(18)24)17-8-9-20(21(15-17)30-4-2)27-11-13-29-14-12-27/h5-10,15,18,22-23H,3-4,11-14,16H2,1-2H3/t18-,22-,23+/m1/s1. The molecule has 0 radical (unpaired) electrons. The van der Waals surface area contributed by atoms with Gasteiger partial charge in [0.1, 0.15) is 11.8 Å². The average Bonchev–Trinajstić information content (AvgIpc) is 3.39. The maximum atomic E-state index is 6.14. The van der Waals surface area contributed by atoms with Gasteiger partial charge in [0.15, 0.2) is 5.17 Å². The van der Waals surface area contributed by atoms with E-state index in [2.05, 4.69) is 52.0 Å². The summed E-state index contributed by atoms with van der Waals surface area (Å²) in [4.78, 5) is 14.7. The van der Waals surface area contributed by atoms with Crippen molar-refractivity contribution >= 4 is 22.6 Å². The summed E-state index contributed by atoms with van der Waals surface area (Å²) in [5.41, 5.74) is 3.43. The molecule has 0 spiro atoms. The van der Waals surface area contributed by atoms with Crippen LogP contribution >= 0.6 is 11.8 Å². The smallest absolute Gasteiger partial charge is 0.160 e. The Hall–Kier alpha value is -2.25. The molecular weight excluding hydrogens is 408 g/mol. The number of thioether (sulfide) groups is 1. The van der Waals surface area contributed by atoms with Crippen LogP contribution in [-0.2, 0) is 4.74 Å². The fourth-order valence-corrected chi connectivity index (χ4v) is 6.10. The molecule has 3 aliphatic heterocycles. The van der Waals surface area contributed by atoms with E-state index in [1.165, 1.54) is 5.56 Å². The first-order valence-corrected chi connectivity index (χ1v) is 12.3. The summed E-state index contributed by atoms with van der Waals surface area (Å²) in [6.45, 7) is 8.28. The molecule has 2 fully saturated rings. The first-order chi connectivity index (χ1) is 15.3. The second kappa shape index (κ2) is 9.09. The Bertz CT molecular complexity index is 932. The van der Waals surface area contributed by atoms with E-state index in [-0.39, 0.29) is 12.1 Å². The van der Waals surface area contributed by atoms with Gasteiger partial charge in [0.05, 0.1) is 37.2 Å². The summed E-state index contributed by atoms with van der Waals surface area (Å²) in [5.74, 6) is 2.06. The zero-order chi connectivity index (χ0) is 21.2. The molecule has 7 heteroatoms. The number of nitrogens with zero attached hydrogens (tertiary/aromatic N) is 4. The summed E-state index contributed by atoms with van der Waals surface area (Å²) in [6.07, 6.45) is 2.98. The van der Waals surface area contributed by atoms with E-state index < -0.39 is 0 Å². The van der Waals surface area contributed by atoms with Crippen molar-refractivity contribution in [2.45, 2.75) is 38.4 Å². The second-order valence-corrected chi connectivity index (χ2v) is 9.08. The minimum Gasteiger partial charge on any atom is -0.492 e.